The quantitative estimate of drug-likeness (QED) is 0.519. The van der Waals surface area contributed by atoms with Crippen molar-refractivity contribution in [1.82, 2.24) is 16.0 Å². The Morgan fingerprint density at radius 1 is 0.857 bits per heavy atom. The van der Waals surface area contributed by atoms with Gasteiger partial charge in [0.15, 0.2) is 0 Å². The minimum absolute atomic E-state index is 0.598. The lowest BCUT2D eigenvalue weighted by Crippen LogP contribution is -2.34. The molecule has 0 aliphatic rings. The molecule has 0 amide bonds. The Balaban J connectivity index is 0. The summed E-state index contributed by atoms with van der Waals surface area (Å²) in [5, 5.41) is 9.97. The molecule has 0 aromatic heterocycles. The van der Waals surface area contributed by atoms with Crippen LogP contribution in [0.1, 0.15) is 34.6 Å². The first-order chi connectivity index (χ1) is 6.77. The second-order valence-electron chi connectivity index (χ2n) is 3.21. The number of likely N-dealkylation sites (N-methyl/N-ethyl adjacent to an activating group) is 1. The van der Waals surface area contributed by atoms with Crippen molar-refractivity contribution in [2.45, 2.75) is 40.7 Å². The van der Waals surface area contributed by atoms with Crippen LogP contribution >= 0.6 is 0 Å². The third-order valence-corrected chi connectivity index (χ3v) is 1.58. The molecule has 0 rings (SSSR count). The third kappa shape index (κ3) is 17.8. The van der Waals surface area contributed by atoms with Crippen LogP contribution in [-0.4, -0.2) is 38.8 Å². The van der Waals surface area contributed by atoms with E-state index in [1.54, 1.807) is 0 Å². The lowest BCUT2D eigenvalue weighted by Gasteiger charge is -2.08. The van der Waals surface area contributed by atoms with E-state index in [0.29, 0.717) is 6.04 Å². The standard InChI is InChI=1S/C9H23N3.C2H6/c1-4-10-5-6-11-7-8-12-9(2)3;1-2/h9-12H,4-8H2,1-3H3;1-2H3. The van der Waals surface area contributed by atoms with Crippen LogP contribution in [0.15, 0.2) is 0 Å². The molecule has 14 heavy (non-hydrogen) atoms. The minimum Gasteiger partial charge on any atom is -0.316 e. The van der Waals surface area contributed by atoms with Gasteiger partial charge in [-0.05, 0) is 6.54 Å². The second kappa shape index (κ2) is 15.4. The summed E-state index contributed by atoms with van der Waals surface area (Å²) < 4.78 is 0. The van der Waals surface area contributed by atoms with Crippen molar-refractivity contribution in [3.63, 3.8) is 0 Å². The van der Waals surface area contributed by atoms with Crippen molar-refractivity contribution in [3.05, 3.63) is 0 Å². The van der Waals surface area contributed by atoms with Crippen LogP contribution in [0.25, 0.3) is 0 Å². The van der Waals surface area contributed by atoms with Crippen molar-refractivity contribution in [2.75, 3.05) is 32.7 Å². The number of hydrogen-bond donors (Lipinski definition) is 3. The summed E-state index contributed by atoms with van der Waals surface area (Å²) in [5.74, 6) is 0. The lowest BCUT2D eigenvalue weighted by atomic mass is 10.4. The van der Waals surface area contributed by atoms with E-state index in [4.69, 9.17) is 0 Å². The Kier molecular flexibility index (Phi) is 17.9. The molecule has 3 heteroatoms. The van der Waals surface area contributed by atoms with Crippen molar-refractivity contribution >= 4 is 0 Å². The van der Waals surface area contributed by atoms with Gasteiger partial charge in [-0.2, -0.15) is 0 Å². The summed E-state index contributed by atoms with van der Waals surface area (Å²) in [5.41, 5.74) is 0. The van der Waals surface area contributed by atoms with Crippen LogP contribution in [0.2, 0.25) is 0 Å². The van der Waals surface area contributed by atoms with Crippen molar-refractivity contribution in [3.8, 4) is 0 Å². The van der Waals surface area contributed by atoms with E-state index in [1.807, 2.05) is 13.8 Å². The molecule has 0 fully saturated rings. The van der Waals surface area contributed by atoms with Gasteiger partial charge in [0.05, 0.1) is 0 Å². The first-order valence-corrected chi connectivity index (χ1v) is 5.92. The zero-order chi connectivity index (χ0) is 11.2. The monoisotopic (exact) mass is 203 g/mol. The molecule has 0 saturated heterocycles. The molecule has 0 unspecified atom stereocenters. The van der Waals surface area contributed by atoms with Gasteiger partial charge < -0.3 is 16.0 Å². The average molecular weight is 203 g/mol. The molecule has 0 radical (unpaired) electrons. The van der Waals surface area contributed by atoms with Gasteiger partial charge in [0.1, 0.15) is 0 Å². The lowest BCUT2D eigenvalue weighted by molar-refractivity contribution is 0.548. The largest absolute Gasteiger partial charge is 0.316 e. The fourth-order valence-electron chi connectivity index (χ4n) is 0.928. The molecule has 88 valence electrons. The molecule has 0 aromatic carbocycles. The maximum Gasteiger partial charge on any atom is 0.00791 e. The third-order valence-electron chi connectivity index (χ3n) is 1.58. The Labute approximate surface area is 90.0 Å². The highest BCUT2D eigenvalue weighted by atomic mass is 15.0. The van der Waals surface area contributed by atoms with Crippen LogP contribution in [0.5, 0.6) is 0 Å². The van der Waals surface area contributed by atoms with Gasteiger partial charge in [0, 0.05) is 32.2 Å². The van der Waals surface area contributed by atoms with Crippen LogP contribution in [0.3, 0.4) is 0 Å². The van der Waals surface area contributed by atoms with Crippen LogP contribution < -0.4 is 16.0 Å². The summed E-state index contributed by atoms with van der Waals surface area (Å²) in [6.45, 7) is 15.8. The molecule has 0 spiro atoms. The number of rotatable bonds is 8. The van der Waals surface area contributed by atoms with Crippen molar-refractivity contribution in [2.24, 2.45) is 0 Å². The molecular weight excluding hydrogens is 174 g/mol. The maximum atomic E-state index is 3.35. The fraction of sp³-hybridized carbons (Fsp3) is 1.00. The second-order valence-corrected chi connectivity index (χ2v) is 3.21. The highest BCUT2D eigenvalue weighted by Crippen LogP contribution is 1.72. The predicted octanol–water partition coefficient (Wildman–Crippen LogP) is 1.21. The van der Waals surface area contributed by atoms with Gasteiger partial charge in [-0.15, -0.1) is 0 Å². The molecule has 0 heterocycles. The number of hydrogen-bond acceptors (Lipinski definition) is 3. The van der Waals surface area contributed by atoms with Gasteiger partial charge in [0.2, 0.25) is 0 Å². The number of nitrogens with one attached hydrogen (secondary N) is 3. The highest BCUT2D eigenvalue weighted by Gasteiger charge is 1.90. The summed E-state index contributed by atoms with van der Waals surface area (Å²) in [7, 11) is 0. The van der Waals surface area contributed by atoms with E-state index in [-0.39, 0.29) is 0 Å². The zero-order valence-corrected chi connectivity index (χ0v) is 10.6. The van der Waals surface area contributed by atoms with Crippen LogP contribution in [0.4, 0.5) is 0 Å². The molecule has 3 N–H and O–H groups in total. The average Bonchev–Trinajstić information content (AvgIpc) is 2.19. The van der Waals surface area contributed by atoms with Crippen molar-refractivity contribution < 1.29 is 0 Å². The highest BCUT2D eigenvalue weighted by molar-refractivity contribution is 4.56. The first kappa shape index (κ1) is 16.3. The fourth-order valence-corrected chi connectivity index (χ4v) is 0.928. The van der Waals surface area contributed by atoms with E-state index in [2.05, 4.69) is 36.7 Å². The summed E-state index contributed by atoms with van der Waals surface area (Å²) in [4.78, 5) is 0. The van der Waals surface area contributed by atoms with E-state index < -0.39 is 0 Å². The summed E-state index contributed by atoms with van der Waals surface area (Å²) >= 11 is 0. The Morgan fingerprint density at radius 2 is 1.36 bits per heavy atom. The normalized spacial score (nSPS) is 9.86. The van der Waals surface area contributed by atoms with Gasteiger partial charge in [-0.3, -0.25) is 0 Å². The van der Waals surface area contributed by atoms with Gasteiger partial charge in [-0.25, -0.2) is 0 Å². The maximum absolute atomic E-state index is 3.35. The van der Waals surface area contributed by atoms with Crippen LogP contribution in [0, 0.1) is 0 Å². The Bertz CT molecular complexity index is 84.6. The van der Waals surface area contributed by atoms with E-state index in [0.717, 1.165) is 32.7 Å². The topological polar surface area (TPSA) is 36.1 Å². The molecule has 0 aliphatic heterocycles. The minimum atomic E-state index is 0.598. The predicted molar refractivity (Wildman–Crippen MR) is 65.9 cm³/mol. The Morgan fingerprint density at radius 3 is 1.86 bits per heavy atom. The molecule has 0 aliphatic carbocycles. The first-order valence-electron chi connectivity index (χ1n) is 5.92. The van der Waals surface area contributed by atoms with Gasteiger partial charge in [-0.1, -0.05) is 34.6 Å². The van der Waals surface area contributed by atoms with Gasteiger partial charge in [0.25, 0.3) is 0 Å². The Hall–Kier alpha value is -0.120. The molecule has 0 saturated carbocycles. The van der Waals surface area contributed by atoms with E-state index in [1.165, 1.54) is 0 Å². The molecule has 0 bridgehead atoms. The van der Waals surface area contributed by atoms with Gasteiger partial charge >= 0.3 is 0 Å². The van der Waals surface area contributed by atoms with E-state index >= 15 is 0 Å². The zero-order valence-electron chi connectivity index (χ0n) is 10.6. The van der Waals surface area contributed by atoms with Crippen LogP contribution in [-0.2, 0) is 0 Å². The SMILES string of the molecule is CC.CCNCCNCCNC(C)C. The smallest absolute Gasteiger partial charge is 0.00791 e. The summed E-state index contributed by atoms with van der Waals surface area (Å²) in [6, 6.07) is 0.598. The van der Waals surface area contributed by atoms with Crippen molar-refractivity contribution in [1.29, 1.82) is 0 Å². The molecule has 3 nitrogen and oxygen atoms in total. The molecule has 0 atom stereocenters. The summed E-state index contributed by atoms with van der Waals surface area (Å²) in [6.07, 6.45) is 0. The van der Waals surface area contributed by atoms with E-state index in [9.17, 15) is 0 Å². The molecular formula is C11H29N3. The molecule has 0 aromatic rings.